The number of carboxylic acid groups (broad SMARTS) is 1. The van der Waals surface area contributed by atoms with Crippen LogP contribution in [-0.4, -0.2) is 83.4 Å². The summed E-state index contributed by atoms with van der Waals surface area (Å²) in [5.74, 6) is 0.218. The Balaban J connectivity index is 1.48. The quantitative estimate of drug-likeness (QED) is 0.481. The van der Waals surface area contributed by atoms with E-state index in [1.807, 2.05) is 15.9 Å². The highest BCUT2D eigenvalue weighted by Gasteiger charge is 2.31. The van der Waals surface area contributed by atoms with Crippen molar-refractivity contribution in [3.8, 4) is 0 Å². The first kappa shape index (κ1) is 19.1. The molecule has 2 fully saturated rings. The molecule has 146 valence electrons. The fourth-order valence-corrected chi connectivity index (χ4v) is 3.66. The van der Waals surface area contributed by atoms with Gasteiger partial charge in [-0.2, -0.15) is 0 Å². The second kappa shape index (κ2) is 8.34. The number of amides is 1. The SMILES string of the molecule is N=C(N)c1ccc(N2CCC(C(=O)N3CCN(CC(=O)O)CC3)CC2)nc1. The van der Waals surface area contributed by atoms with Gasteiger partial charge in [0.2, 0.25) is 5.91 Å². The minimum Gasteiger partial charge on any atom is -0.480 e. The van der Waals surface area contributed by atoms with Crippen LogP contribution in [-0.2, 0) is 9.59 Å². The first-order valence-electron chi connectivity index (χ1n) is 9.22. The van der Waals surface area contributed by atoms with E-state index in [1.54, 1.807) is 12.3 Å². The molecule has 0 radical (unpaired) electrons. The van der Waals surface area contributed by atoms with Gasteiger partial charge < -0.3 is 20.6 Å². The van der Waals surface area contributed by atoms with Crippen molar-refractivity contribution in [2.45, 2.75) is 12.8 Å². The van der Waals surface area contributed by atoms with Crippen LogP contribution in [0, 0.1) is 11.3 Å². The molecule has 2 aliphatic heterocycles. The summed E-state index contributed by atoms with van der Waals surface area (Å²) in [5, 5.41) is 16.3. The molecule has 3 heterocycles. The van der Waals surface area contributed by atoms with E-state index in [0.717, 1.165) is 31.7 Å². The standard InChI is InChI=1S/C18H26N6O3/c19-17(20)14-1-2-15(21-11-14)23-5-3-13(4-6-23)18(27)24-9-7-22(8-10-24)12-16(25)26/h1-2,11,13H,3-10,12H2,(H3,19,20)(H,25,26). The molecule has 0 aliphatic carbocycles. The summed E-state index contributed by atoms with van der Waals surface area (Å²) < 4.78 is 0. The van der Waals surface area contributed by atoms with Crippen LogP contribution in [0.15, 0.2) is 18.3 Å². The fraction of sp³-hybridized carbons (Fsp3) is 0.556. The number of nitrogens with two attached hydrogens (primary N) is 1. The maximum atomic E-state index is 12.8. The van der Waals surface area contributed by atoms with Gasteiger partial charge in [-0.3, -0.25) is 19.9 Å². The number of anilines is 1. The minimum atomic E-state index is -0.827. The molecule has 1 amide bonds. The molecule has 2 aliphatic rings. The number of pyridine rings is 1. The normalized spacial score (nSPS) is 19.1. The molecule has 1 aromatic heterocycles. The molecular weight excluding hydrogens is 348 g/mol. The highest BCUT2D eigenvalue weighted by molar-refractivity contribution is 5.94. The largest absolute Gasteiger partial charge is 0.480 e. The van der Waals surface area contributed by atoms with Gasteiger partial charge in [-0.15, -0.1) is 0 Å². The number of carboxylic acids is 1. The lowest BCUT2D eigenvalue weighted by Crippen LogP contribution is -2.52. The molecular formula is C18H26N6O3. The number of nitrogens with one attached hydrogen (secondary N) is 1. The first-order valence-corrected chi connectivity index (χ1v) is 9.22. The van der Waals surface area contributed by atoms with Crippen molar-refractivity contribution in [2.75, 3.05) is 50.7 Å². The van der Waals surface area contributed by atoms with E-state index in [4.69, 9.17) is 16.2 Å². The van der Waals surface area contributed by atoms with Gasteiger partial charge in [0.25, 0.3) is 0 Å². The molecule has 3 rings (SSSR count). The van der Waals surface area contributed by atoms with Gasteiger partial charge in [-0.25, -0.2) is 4.98 Å². The molecule has 1 aromatic rings. The number of carbonyl (C=O) groups is 2. The summed E-state index contributed by atoms with van der Waals surface area (Å²) in [6.45, 7) is 3.99. The van der Waals surface area contributed by atoms with Gasteiger partial charge in [-0.05, 0) is 25.0 Å². The fourth-order valence-electron chi connectivity index (χ4n) is 3.66. The lowest BCUT2D eigenvalue weighted by Gasteiger charge is -2.38. The Kier molecular flexibility index (Phi) is 5.90. The molecule has 0 unspecified atom stereocenters. The van der Waals surface area contributed by atoms with Crippen LogP contribution in [0.1, 0.15) is 18.4 Å². The van der Waals surface area contributed by atoms with Gasteiger partial charge in [0, 0.05) is 56.9 Å². The molecule has 2 saturated heterocycles. The lowest BCUT2D eigenvalue weighted by atomic mass is 9.95. The van der Waals surface area contributed by atoms with Crippen LogP contribution < -0.4 is 10.6 Å². The smallest absolute Gasteiger partial charge is 0.317 e. The van der Waals surface area contributed by atoms with Crippen LogP contribution in [0.5, 0.6) is 0 Å². The zero-order chi connectivity index (χ0) is 19.4. The van der Waals surface area contributed by atoms with Crippen LogP contribution in [0.25, 0.3) is 0 Å². The topological polar surface area (TPSA) is 127 Å². The Morgan fingerprint density at radius 3 is 2.33 bits per heavy atom. The number of nitrogen functional groups attached to an aromatic ring is 1. The molecule has 0 atom stereocenters. The third kappa shape index (κ3) is 4.73. The van der Waals surface area contributed by atoms with Crippen LogP contribution >= 0.6 is 0 Å². The van der Waals surface area contributed by atoms with Crippen molar-refractivity contribution >= 4 is 23.5 Å². The average molecular weight is 374 g/mol. The lowest BCUT2D eigenvalue weighted by molar-refractivity contribution is -0.140. The van der Waals surface area contributed by atoms with Gasteiger partial charge in [0.05, 0.1) is 6.54 Å². The average Bonchev–Trinajstić information content (AvgIpc) is 2.68. The number of piperazine rings is 1. The third-order valence-corrected chi connectivity index (χ3v) is 5.27. The molecule has 9 nitrogen and oxygen atoms in total. The van der Waals surface area contributed by atoms with Crippen molar-refractivity contribution in [3.05, 3.63) is 23.9 Å². The van der Waals surface area contributed by atoms with Crippen molar-refractivity contribution in [1.82, 2.24) is 14.8 Å². The zero-order valence-electron chi connectivity index (χ0n) is 15.3. The predicted molar refractivity (Wildman–Crippen MR) is 101 cm³/mol. The molecule has 0 aromatic carbocycles. The van der Waals surface area contributed by atoms with E-state index in [2.05, 4.69) is 9.88 Å². The Hall–Kier alpha value is -2.68. The Bertz CT molecular complexity index is 692. The second-order valence-corrected chi connectivity index (χ2v) is 7.08. The Morgan fingerprint density at radius 2 is 1.81 bits per heavy atom. The van der Waals surface area contributed by atoms with Crippen LogP contribution in [0.2, 0.25) is 0 Å². The number of nitrogens with zero attached hydrogens (tertiary/aromatic N) is 4. The summed E-state index contributed by atoms with van der Waals surface area (Å²) in [7, 11) is 0. The summed E-state index contributed by atoms with van der Waals surface area (Å²) in [6, 6.07) is 3.65. The molecule has 0 spiro atoms. The highest BCUT2D eigenvalue weighted by Crippen LogP contribution is 2.24. The summed E-state index contributed by atoms with van der Waals surface area (Å²) in [6.07, 6.45) is 3.17. The van der Waals surface area contributed by atoms with Gasteiger partial charge in [0.1, 0.15) is 11.7 Å². The van der Waals surface area contributed by atoms with Crippen molar-refractivity contribution in [2.24, 2.45) is 11.7 Å². The molecule has 0 bridgehead atoms. The number of amidine groups is 1. The summed E-state index contributed by atoms with van der Waals surface area (Å²) >= 11 is 0. The summed E-state index contributed by atoms with van der Waals surface area (Å²) in [4.78, 5) is 33.8. The van der Waals surface area contributed by atoms with E-state index in [9.17, 15) is 9.59 Å². The van der Waals surface area contributed by atoms with Gasteiger partial charge in [-0.1, -0.05) is 0 Å². The monoisotopic (exact) mass is 374 g/mol. The van der Waals surface area contributed by atoms with E-state index in [0.29, 0.717) is 31.7 Å². The van der Waals surface area contributed by atoms with Gasteiger partial charge in [0.15, 0.2) is 0 Å². The number of hydrogen-bond donors (Lipinski definition) is 3. The maximum Gasteiger partial charge on any atom is 0.317 e. The molecule has 0 saturated carbocycles. The first-order chi connectivity index (χ1) is 12.9. The molecule has 27 heavy (non-hydrogen) atoms. The van der Waals surface area contributed by atoms with E-state index >= 15 is 0 Å². The maximum absolute atomic E-state index is 12.8. The Morgan fingerprint density at radius 1 is 1.15 bits per heavy atom. The van der Waals surface area contributed by atoms with Crippen LogP contribution in [0.3, 0.4) is 0 Å². The number of hydrogen-bond acceptors (Lipinski definition) is 6. The van der Waals surface area contributed by atoms with Crippen LogP contribution in [0.4, 0.5) is 5.82 Å². The number of aromatic nitrogens is 1. The molecule has 9 heteroatoms. The van der Waals surface area contributed by atoms with E-state index in [-0.39, 0.29) is 24.2 Å². The van der Waals surface area contributed by atoms with E-state index < -0.39 is 5.97 Å². The predicted octanol–water partition coefficient (Wildman–Crippen LogP) is -0.189. The second-order valence-electron chi connectivity index (χ2n) is 7.08. The highest BCUT2D eigenvalue weighted by atomic mass is 16.4. The van der Waals surface area contributed by atoms with Crippen molar-refractivity contribution in [1.29, 1.82) is 5.41 Å². The van der Waals surface area contributed by atoms with Crippen molar-refractivity contribution in [3.63, 3.8) is 0 Å². The minimum absolute atomic E-state index is 0.00167. The van der Waals surface area contributed by atoms with Crippen molar-refractivity contribution < 1.29 is 14.7 Å². The van der Waals surface area contributed by atoms with E-state index in [1.165, 1.54) is 0 Å². The third-order valence-electron chi connectivity index (χ3n) is 5.27. The number of carbonyl (C=O) groups excluding carboxylic acids is 1. The number of rotatable bonds is 5. The zero-order valence-corrected chi connectivity index (χ0v) is 15.3. The number of piperidine rings is 1. The number of aliphatic carboxylic acids is 1. The van der Waals surface area contributed by atoms with Gasteiger partial charge >= 0.3 is 5.97 Å². The summed E-state index contributed by atoms with van der Waals surface area (Å²) in [5.41, 5.74) is 6.06. The molecule has 4 N–H and O–H groups in total. The Labute approximate surface area is 158 Å².